The highest BCUT2D eigenvalue weighted by molar-refractivity contribution is 9.10. The van der Waals surface area contributed by atoms with E-state index in [0.29, 0.717) is 0 Å². The highest BCUT2D eigenvalue weighted by atomic mass is 79.9. The Hall–Kier alpha value is -0.480. The van der Waals surface area contributed by atoms with Crippen molar-refractivity contribution in [2.24, 2.45) is 0 Å². The first-order valence-electron chi connectivity index (χ1n) is 3.82. The van der Waals surface area contributed by atoms with Gasteiger partial charge in [0.1, 0.15) is 0 Å². The van der Waals surface area contributed by atoms with Crippen LogP contribution >= 0.6 is 27.7 Å². The van der Waals surface area contributed by atoms with E-state index in [0.717, 1.165) is 15.9 Å². The predicted molar refractivity (Wildman–Crippen MR) is 60.7 cm³/mol. The zero-order chi connectivity index (χ0) is 9.68. The molecule has 0 aliphatic rings. The monoisotopic (exact) mass is 259 g/mol. The Labute approximate surface area is 89.9 Å². The van der Waals surface area contributed by atoms with Crippen molar-refractivity contribution in [2.45, 2.75) is 6.92 Å². The molecular formula is C9H10BrNOS. The van der Waals surface area contributed by atoms with Gasteiger partial charge in [-0.05, 0) is 28.1 Å². The van der Waals surface area contributed by atoms with E-state index in [4.69, 9.17) is 0 Å². The molecule has 2 nitrogen and oxygen atoms in total. The number of halogens is 1. The fourth-order valence-corrected chi connectivity index (χ4v) is 1.61. The lowest BCUT2D eigenvalue weighted by Gasteiger charge is -1.87. The van der Waals surface area contributed by atoms with Crippen molar-refractivity contribution in [3.05, 3.63) is 28.5 Å². The van der Waals surface area contributed by atoms with Crippen LogP contribution in [0.4, 0.5) is 0 Å². The molecular weight excluding hydrogens is 250 g/mol. The zero-order valence-electron chi connectivity index (χ0n) is 7.21. The molecule has 0 spiro atoms. The van der Waals surface area contributed by atoms with Crippen LogP contribution in [-0.4, -0.2) is 15.9 Å². The first-order valence-corrected chi connectivity index (χ1v) is 5.60. The van der Waals surface area contributed by atoms with Crippen LogP contribution in [0.25, 0.3) is 6.08 Å². The van der Waals surface area contributed by atoms with Crippen LogP contribution < -0.4 is 0 Å². The van der Waals surface area contributed by atoms with Crippen LogP contribution in [0.2, 0.25) is 0 Å². The molecule has 0 fully saturated rings. The van der Waals surface area contributed by atoms with Gasteiger partial charge >= 0.3 is 0 Å². The average molecular weight is 260 g/mol. The molecule has 0 aromatic carbocycles. The summed E-state index contributed by atoms with van der Waals surface area (Å²) in [7, 11) is 0. The summed E-state index contributed by atoms with van der Waals surface area (Å²) >= 11 is 4.65. The quantitative estimate of drug-likeness (QED) is 0.905. The maximum absolute atomic E-state index is 10.6. The second-order valence-corrected chi connectivity index (χ2v) is 4.59. The summed E-state index contributed by atoms with van der Waals surface area (Å²) in [5.41, 5.74) is 1.04. The SMILES string of the molecule is CC(=O)SCC=Cc1cc(Br)c[nH]1. The minimum atomic E-state index is 0.150. The number of aromatic nitrogens is 1. The molecule has 0 bridgehead atoms. The number of thioether (sulfide) groups is 1. The van der Waals surface area contributed by atoms with E-state index in [-0.39, 0.29) is 5.12 Å². The molecule has 13 heavy (non-hydrogen) atoms. The molecule has 1 N–H and O–H groups in total. The molecule has 1 rings (SSSR count). The van der Waals surface area contributed by atoms with E-state index in [1.807, 2.05) is 24.4 Å². The van der Waals surface area contributed by atoms with Crippen molar-refractivity contribution in [2.75, 3.05) is 5.75 Å². The largest absolute Gasteiger partial charge is 0.361 e. The van der Waals surface area contributed by atoms with E-state index in [1.165, 1.54) is 11.8 Å². The maximum atomic E-state index is 10.6. The van der Waals surface area contributed by atoms with Crippen LogP contribution in [-0.2, 0) is 4.79 Å². The van der Waals surface area contributed by atoms with Gasteiger partial charge in [0, 0.05) is 29.0 Å². The molecule has 1 heterocycles. The average Bonchev–Trinajstić information content (AvgIpc) is 2.45. The Kier molecular flexibility index (Phi) is 4.32. The lowest BCUT2D eigenvalue weighted by molar-refractivity contribution is -0.109. The van der Waals surface area contributed by atoms with Crippen molar-refractivity contribution in [3.8, 4) is 0 Å². The second kappa shape index (κ2) is 5.29. The normalized spacial score (nSPS) is 10.9. The standard InChI is InChI=1S/C9H10BrNOS/c1-7(12)13-4-2-3-9-5-8(10)6-11-9/h2-3,5-6,11H,4H2,1H3. The smallest absolute Gasteiger partial charge is 0.186 e. The molecule has 0 unspecified atom stereocenters. The van der Waals surface area contributed by atoms with Crippen molar-refractivity contribution >= 4 is 38.9 Å². The van der Waals surface area contributed by atoms with Crippen LogP contribution in [0, 0.1) is 0 Å². The van der Waals surface area contributed by atoms with Gasteiger partial charge in [0.15, 0.2) is 5.12 Å². The van der Waals surface area contributed by atoms with E-state index in [9.17, 15) is 4.79 Å². The predicted octanol–water partition coefficient (Wildman–Crippen LogP) is 3.07. The summed E-state index contributed by atoms with van der Waals surface area (Å²) < 4.78 is 1.03. The zero-order valence-corrected chi connectivity index (χ0v) is 9.61. The van der Waals surface area contributed by atoms with Gasteiger partial charge in [0.25, 0.3) is 0 Å². The van der Waals surface area contributed by atoms with Gasteiger partial charge in [-0.1, -0.05) is 17.8 Å². The number of hydrogen-bond acceptors (Lipinski definition) is 2. The Bertz CT molecular complexity index is 319. The summed E-state index contributed by atoms with van der Waals surface area (Å²) in [6, 6.07) is 1.98. The lowest BCUT2D eigenvalue weighted by Crippen LogP contribution is -1.81. The van der Waals surface area contributed by atoms with Gasteiger partial charge in [-0.3, -0.25) is 4.79 Å². The topological polar surface area (TPSA) is 32.9 Å². The molecule has 0 saturated carbocycles. The van der Waals surface area contributed by atoms with E-state index in [1.54, 1.807) is 6.92 Å². The molecule has 4 heteroatoms. The third-order valence-corrected chi connectivity index (χ3v) is 2.57. The molecule has 0 aliphatic carbocycles. The summed E-state index contributed by atoms with van der Waals surface area (Å²) in [6.07, 6.45) is 5.79. The van der Waals surface area contributed by atoms with Crippen molar-refractivity contribution in [1.82, 2.24) is 4.98 Å². The van der Waals surface area contributed by atoms with Gasteiger partial charge < -0.3 is 4.98 Å². The third-order valence-electron chi connectivity index (χ3n) is 1.35. The fourth-order valence-electron chi connectivity index (χ4n) is 0.821. The van der Waals surface area contributed by atoms with E-state index in [2.05, 4.69) is 20.9 Å². The third kappa shape index (κ3) is 4.33. The van der Waals surface area contributed by atoms with Gasteiger partial charge in [-0.15, -0.1) is 0 Å². The molecule has 1 aromatic rings. The summed E-state index contributed by atoms with van der Waals surface area (Å²) in [4.78, 5) is 13.6. The number of hydrogen-bond donors (Lipinski definition) is 1. The van der Waals surface area contributed by atoms with Crippen molar-refractivity contribution < 1.29 is 4.79 Å². The number of rotatable bonds is 3. The lowest BCUT2D eigenvalue weighted by atomic mass is 10.4. The van der Waals surface area contributed by atoms with Gasteiger partial charge in [-0.2, -0.15) is 0 Å². The minimum absolute atomic E-state index is 0.150. The van der Waals surface area contributed by atoms with Gasteiger partial charge in [0.05, 0.1) is 0 Å². The van der Waals surface area contributed by atoms with Gasteiger partial charge in [-0.25, -0.2) is 0 Å². The number of carbonyl (C=O) groups is 1. The second-order valence-electron chi connectivity index (χ2n) is 2.48. The molecule has 0 atom stereocenters. The molecule has 0 saturated heterocycles. The Balaban J connectivity index is 2.36. The van der Waals surface area contributed by atoms with Crippen molar-refractivity contribution in [1.29, 1.82) is 0 Å². The number of aromatic amines is 1. The number of H-pyrrole nitrogens is 1. The van der Waals surface area contributed by atoms with Crippen LogP contribution in [0.1, 0.15) is 12.6 Å². The Morgan fingerprint density at radius 2 is 2.54 bits per heavy atom. The first-order chi connectivity index (χ1) is 6.18. The molecule has 70 valence electrons. The number of carbonyl (C=O) groups excluding carboxylic acids is 1. The maximum Gasteiger partial charge on any atom is 0.186 e. The Morgan fingerprint density at radius 1 is 1.77 bits per heavy atom. The number of nitrogens with one attached hydrogen (secondary N) is 1. The summed E-state index contributed by atoms with van der Waals surface area (Å²) in [5, 5.41) is 0.150. The fraction of sp³-hybridized carbons (Fsp3) is 0.222. The van der Waals surface area contributed by atoms with E-state index < -0.39 is 0 Å². The van der Waals surface area contributed by atoms with E-state index >= 15 is 0 Å². The van der Waals surface area contributed by atoms with Gasteiger partial charge in [0.2, 0.25) is 0 Å². The molecule has 0 amide bonds. The molecule has 1 aromatic heterocycles. The minimum Gasteiger partial charge on any atom is -0.361 e. The summed E-state index contributed by atoms with van der Waals surface area (Å²) in [6.45, 7) is 1.57. The Morgan fingerprint density at radius 3 is 3.08 bits per heavy atom. The van der Waals surface area contributed by atoms with Crippen LogP contribution in [0.15, 0.2) is 22.8 Å². The van der Waals surface area contributed by atoms with Crippen LogP contribution in [0.5, 0.6) is 0 Å². The first kappa shape index (κ1) is 10.6. The highest BCUT2D eigenvalue weighted by Crippen LogP contribution is 2.12. The summed E-state index contributed by atoms with van der Waals surface area (Å²) in [5.74, 6) is 0.728. The highest BCUT2D eigenvalue weighted by Gasteiger charge is 1.92. The molecule has 0 radical (unpaired) electrons. The van der Waals surface area contributed by atoms with Crippen LogP contribution in [0.3, 0.4) is 0 Å². The van der Waals surface area contributed by atoms with Crippen molar-refractivity contribution in [3.63, 3.8) is 0 Å². The molecule has 0 aliphatic heterocycles.